The number of rotatable bonds is 8. The van der Waals surface area contributed by atoms with Crippen molar-refractivity contribution in [2.75, 3.05) is 25.2 Å². The fourth-order valence-corrected chi connectivity index (χ4v) is 2.82. The number of aromatic carboxylic acids is 1. The fraction of sp³-hybridized carbons (Fsp3) is 0.545. The molecule has 0 aliphatic carbocycles. The van der Waals surface area contributed by atoms with Crippen LogP contribution in [0.15, 0.2) is 0 Å². The van der Waals surface area contributed by atoms with Gasteiger partial charge in [-0.3, -0.25) is 4.79 Å². The lowest BCUT2D eigenvalue weighted by molar-refractivity contribution is -0.118. The van der Waals surface area contributed by atoms with Gasteiger partial charge in [0.1, 0.15) is 9.88 Å². The van der Waals surface area contributed by atoms with E-state index in [0.29, 0.717) is 23.1 Å². The molecule has 1 aromatic heterocycles. The van der Waals surface area contributed by atoms with Crippen LogP contribution in [-0.4, -0.2) is 47.2 Å². The molecule has 2 N–H and O–H groups in total. The van der Waals surface area contributed by atoms with E-state index in [-0.39, 0.29) is 17.3 Å². The number of aromatic nitrogens is 1. The Morgan fingerprint density at radius 3 is 2.84 bits per heavy atom. The van der Waals surface area contributed by atoms with E-state index in [2.05, 4.69) is 10.3 Å². The van der Waals surface area contributed by atoms with E-state index in [4.69, 9.17) is 9.84 Å². The number of thiazole rings is 1. The number of carbonyl (C=O) groups is 2. The molecule has 1 amide bonds. The summed E-state index contributed by atoms with van der Waals surface area (Å²) >= 11 is 2.58. The molecule has 0 saturated heterocycles. The van der Waals surface area contributed by atoms with Gasteiger partial charge in [-0.1, -0.05) is 0 Å². The molecule has 0 spiro atoms. The third kappa shape index (κ3) is 5.58. The molecule has 0 aromatic carbocycles. The Morgan fingerprint density at radius 1 is 1.53 bits per heavy atom. The summed E-state index contributed by atoms with van der Waals surface area (Å²) in [6, 6.07) is 0. The van der Waals surface area contributed by atoms with Crippen molar-refractivity contribution in [1.29, 1.82) is 0 Å². The van der Waals surface area contributed by atoms with E-state index in [1.54, 1.807) is 14.0 Å². The highest BCUT2D eigenvalue weighted by molar-refractivity contribution is 7.99. The number of hydrogen-bond acceptors (Lipinski definition) is 6. The molecule has 0 atom stereocenters. The Labute approximate surface area is 119 Å². The highest BCUT2D eigenvalue weighted by Gasteiger charge is 2.14. The van der Waals surface area contributed by atoms with Crippen LogP contribution >= 0.6 is 23.1 Å². The molecule has 0 aliphatic heterocycles. The third-order valence-corrected chi connectivity index (χ3v) is 4.20. The van der Waals surface area contributed by atoms with Gasteiger partial charge < -0.3 is 15.2 Å². The van der Waals surface area contributed by atoms with Crippen molar-refractivity contribution in [3.8, 4) is 0 Å². The molecule has 19 heavy (non-hydrogen) atoms. The zero-order valence-corrected chi connectivity index (χ0v) is 12.4. The van der Waals surface area contributed by atoms with E-state index in [1.807, 2.05) is 0 Å². The second-order valence-corrected chi connectivity index (χ2v) is 5.84. The van der Waals surface area contributed by atoms with Crippen LogP contribution in [0.4, 0.5) is 0 Å². The number of hydrogen-bond donors (Lipinski definition) is 2. The van der Waals surface area contributed by atoms with Crippen LogP contribution in [0.25, 0.3) is 0 Å². The molecule has 1 heterocycles. The van der Waals surface area contributed by atoms with E-state index in [9.17, 15) is 9.59 Å². The quantitative estimate of drug-likeness (QED) is 0.700. The van der Waals surface area contributed by atoms with E-state index >= 15 is 0 Å². The Bertz CT molecular complexity index is 448. The highest BCUT2D eigenvalue weighted by Crippen LogP contribution is 2.17. The topological polar surface area (TPSA) is 88.5 Å². The molecule has 0 saturated carbocycles. The van der Waals surface area contributed by atoms with Crippen LogP contribution in [0.2, 0.25) is 0 Å². The van der Waals surface area contributed by atoms with Gasteiger partial charge in [-0.05, 0) is 6.92 Å². The summed E-state index contributed by atoms with van der Waals surface area (Å²) in [5.41, 5.74) is 0.483. The molecule has 1 aromatic rings. The number of carboxylic acid groups (broad SMARTS) is 1. The van der Waals surface area contributed by atoms with Crippen molar-refractivity contribution in [1.82, 2.24) is 10.3 Å². The summed E-state index contributed by atoms with van der Waals surface area (Å²) in [5.74, 6) is 0.0525. The second-order valence-electron chi connectivity index (χ2n) is 3.65. The Hall–Kier alpha value is -1.12. The molecular formula is C11H16N2O4S2. The maximum atomic E-state index is 11.5. The summed E-state index contributed by atoms with van der Waals surface area (Å²) in [5, 5.41) is 12.2. The lowest BCUT2D eigenvalue weighted by Gasteiger charge is -2.02. The third-order valence-electron chi connectivity index (χ3n) is 2.14. The van der Waals surface area contributed by atoms with Crippen LogP contribution in [0.1, 0.15) is 20.4 Å². The van der Waals surface area contributed by atoms with Gasteiger partial charge in [0.2, 0.25) is 5.91 Å². The molecule has 0 fully saturated rings. The van der Waals surface area contributed by atoms with Gasteiger partial charge in [-0.2, -0.15) is 0 Å². The van der Waals surface area contributed by atoms with Crippen molar-refractivity contribution < 1.29 is 19.4 Å². The first-order valence-electron chi connectivity index (χ1n) is 5.57. The average Bonchev–Trinajstić information content (AvgIpc) is 2.74. The van der Waals surface area contributed by atoms with Crippen molar-refractivity contribution in [2.45, 2.75) is 13.5 Å². The summed E-state index contributed by atoms with van der Waals surface area (Å²) in [7, 11) is 1.62. The average molecular weight is 304 g/mol. The van der Waals surface area contributed by atoms with Gasteiger partial charge in [0.25, 0.3) is 0 Å². The summed E-state index contributed by atoms with van der Waals surface area (Å²) < 4.78 is 4.87. The van der Waals surface area contributed by atoms with Crippen LogP contribution in [-0.2, 0) is 16.1 Å². The summed E-state index contributed by atoms with van der Waals surface area (Å²) in [4.78, 5) is 26.7. The van der Waals surface area contributed by atoms with Crippen molar-refractivity contribution in [3.05, 3.63) is 15.6 Å². The van der Waals surface area contributed by atoms with Gasteiger partial charge in [0.15, 0.2) is 0 Å². The number of methoxy groups -OCH3 is 1. The Balaban J connectivity index is 2.34. The van der Waals surface area contributed by atoms with Gasteiger partial charge in [0.05, 0.1) is 24.6 Å². The van der Waals surface area contributed by atoms with Crippen molar-refractivity contribution in [3.63, 3.8) is 0 Å². The van der Waals surface area contributed by atoms with Crippen LogP contribution < -0.4 is 5.32 Å². The summed E-state index contributed by atoms with van der Waals surface area (Å²) in [6.07, 6.45) is 0. The van der Waals surface area contributed by atoms with Gasteiger partial charge in [0, 0.05) is 12.9 Å². The number of thioether (sulfide) groups is 1. The first kappa shape index (κ1) is 15.9. The van der Waals surface area contributed by atoms with Crippen LogP contribution in [0.3, 0.4) is 0 Å². The Morgan fingerprint density at radius 2 is 2.26 bits per heavy atom. The normalized spacial score (nSPS) is 10.4. The fourth-order valence-electron chi connectivity index (χ4n) is 1.26. The van der Waals surface area contributed by atoms with Crippen LogP contribution in [0.5, 0.6) is 0 Å². The predicted octanol–water partition coefficient (Wildman–Crippen LogP) is 1.15. The first-order valence-corrected chi connectivity index (χ1v) is 7.54. The molecule has 0 radical (unpaired) electrons. The van der Waals surface area contributed by atoms with Crippen LogP contribution in [0, 0.1) is 6.92 Å². The lowest BCUT2D eigenvalue weighted by Crippen LogP contribution is -2.24. The number of amides is 1. The van der Waals surface area contributed by atoms with Crippen molar-refractivity contribution in [2.24, 2.45) is 0 Å². The molecule has 8 heteroatoms. The highest BCUT2D eigenvalue weighted by atomic mass is 32.2. The zero-order chi connectivity index (χ0) is 14.3. The maximum Gasteiger partial charge on any atom is 0.347 e. The van der Waals surface area contributed by atoms with Gasteiger partial charge in [-0.25, -0.2) is 9.78 Å². The number of carbonyl (C=O) groups excluding carboxylic acids is 1. The minimum Gasteiger partial charge on any atom is -0.477 e. The van der Waals surface area contributed by atoms with Gasteiger partial charge >= 0.3 is 5.97 Å². The molecule has 1 rings (SSSR count). The maximum absolute atomic E-state index is 11.5. The molecule has 0 bridgehead atoms. The molecule has 0 unspecified atom stereocenters. The minimum atomic E-state index is -0.984. The van der Waals surface area contributed by atoms with E-state index < -0.39 is 5.97 Å². The Kier molecular flexibility index (Phi) is 6.82. The summed E-state index contributed by atoms with van der Waals surface area (Å²) in [6.45, 7) is 2.53. The monoisotopic (exact) mass is 304 g/mol. The largest absolute Gasteiger partial charge is 0.477 e. The molecule has 106 valence electrons. The SMILES string of the molecule is COCCSCC(=O)NCc1nc(C)c(C(=O)O)s1. The molecular weight excluding hydrogens is 288 g/mol. The van der Waals surface area contributed by atoms with Gasteiger partial charge in [-0.15, -0.1) is 23.1 Å². The minimum absolute atomic E-state index is 0.0918. The number of carboxylic acids is 1. The number of nitrogens with zero attached hydrogens (tertiary/aromatic N) is 1. The number of nitrogens with one attached hydrogen (secondary N) is 1. The standard InChI is InChI=1S/C11H16N2O4S2/c1-7-10(11(15)16)19-9(13-7)5-12-8(14)6-18-4-3-17-2/h3-6H2,1-2H3,(H,12,14)(H,15,16). The van der Waals surface area contributed by atoms with E-state index in [0.717, 1.165) is 17.1 Å². The van der Waals surface area contributed by atoms with E-state index in [1.165, 1.54) is 11.8 Å². The number of ether oxygens (including phenoxy) is 1. The smallest absolute Gasteiger partial charge is 0.347 e. The first-order chi connectivity index (χ1) is 9.04. The lowest BCUT2D eigenvalue weighted by atomic mass is 10.4. The second kappa shape index (κ2) is 8.13. The molecule has 6 nitrogen and oxygen atoms in total. The predicted molar refractivity (Wildman–Crippen MR) is 74.9 cm³/mol. The molecule has 0 aliphatic rings. The zero-order valence-electron chi connectivity index (χ0n) is 10.8. The van der Waals surface area contributed by atoms with Crippen molar-refractivity contribution >= 4 is 35.0 Å². The number of aryl methyl sites for hydroxylation is 1.